The van der Waals surface area contributed by atoms with Gasteiger partial charge in [-0.1, -0.05) is 158 Å². The van der Waals surface area contributed by atoms with Crippen molar-refractivity contribution in [2.45, 2.75) is 6.92 Å². The van der Waals surface area contributed by atoms with Crippen LogP contribution in [0.15, 0.2) is 202 Å². The van der Waals surface area contributed by atoms with E-state index in [4.69, 9.17) is 23.8 Å². The van der Waals surface area contributed by atoms with Gasteiger partial charge in [0.15, 0.2) is 5.82 Å². The molecule has 0 amide bonds. The summed E-state index contributed by atoms with van der Waals surface area (Å²) in [5, 5.41) is 3.97. The summed E-state index contributed by atoms with van der Waals surface area (Å²) in [5.41, 5.74) is 13.2. The second-order valence-electron chi connectivity index (χ2n) is 14.1. The number of allylic oxidation sites excluding steroid dienone is 2. The molecule has 0 aliphatic carbocycles. The van der Waals surface area contributed by atoms with E-state index in [0.29, 0.717) is 11.5 Å². The first-order chi connectivity index (χ1) is 28.1. The number of hydrogen-bond acceptors (Lipinski definition) is 5. The number of aromatic nitrogens is 2. The molecule has 0 atom stereocenters. The summed E-state index contributed by atoms with van der Waals surface area (Å²) in [6, 6.07) is 59.4. The van der Waals surface area contributed by atoms with Gasteiger partial charge < -0.3 is 8.83 Å². The molecular formula is C52H35N3O2. The summed E-state index contributed by atoms with van der Waals surface area (Å²) in [5.74, 6) is 0.660. The zero-order chi connectivity index (χ0) is 38.3. The number of nitrogens with zero attached hydrogens (tertiary/aromatic N) is 3. The highest BCUT2D eigenvalue weighted by Crippen LogP contribution is 2.41. The van der Waals surface area contributed by atoms with Gasteiger partial charge in [0.2, 0.25) is 0 Å². The lowest BCUT2D eigenvalue weighted by atomic mass is 10.00. The Hall–Kier alpha value is -7.63. The number of fused-ring (bicyclic) bond motifs is 6. The van der Waals surface area contributed by atoms with Crippen molar-refractivity contribution in [3.8, 4) is 33.9 Å². The first-order valence-electron chi connectivity index (χ1n) is 19.0. The molecule has 0 spiro atoms. The number of rotatable bonds is 8. The standard InChI is InChI=1S/C52H35N3O2/c1-33(29-45(36-19-9-4-10-20-36)53-34(2)35-17-7-3-8-18-35)39-25-15-26-40-43-30-49-44(31-48(43)56-50(39)40)41-27-16-28-42(51(41)57-49)47-32-46(37-21-11-5-12-22-37)54-52(55-47)38-23-13-6-14-24-38/h3-32H,2H2,1H3/b33-29+,53-45?. The van der Waals surface area contributed by atoms with Crippen molar-refractivity contribution in [3.05, 3.63) is 205 Å². The molecule has 5 nitrogen and oxygen atoms in total. The second kappa shape index (κ2) is 14.2. The molecule has 3 aromatic heterocycles. The molecule has 7 aromatic carbocycles. The Labute approximate surface area is 329 Å². The molecular weight excluding hydrogens is 699 g/mol. The predicted octanol–water partition coefficient (Wildman–Crippen LogP) is 13.8. The molecule has 0 N–H and O–H groups in total. The van der Waals surface area contributed by atoms with Crippen molar-refractivity contribution < 1.29 is 8.83 Å². The third-order valence-corrected chi connectivity index (χ3v) is 10.4. The van der Waals surface area contributed by atoms with Crippen LogP contribution in [0.5, 0.6) is 0 Å². The SMILES string of the molecule is C=C(N=C(/C=C(\C)c1cccc2c1oc1cc3c(cc12)oc1c(-c2cc(-c4ccccc4)nc(-c4ccccc4)n2)cccc13)c1ccccc1)c1ccccc1. The van der Waals surface area contributed by atoms with Crippen molar-refractivity contribution in [2.24, 2.45) is 4.99 Å². The average molecular weight is 734 g/mol. The van der Waals surface area contributed by atoms with Crippen LogP contribution in [-0.2, 0) is 0 Å². The maximum absolute atomic E-state index is 6.77. The Morgan fingerprint density at radius 1 is 0.526 bits per heavy atom. The maximum atomic E-state index is 6.77. The summed E-state index contributed by atoms with van der Waals surface area (Å²) in [4.78, 5) is 15.1. The average Bonchev–Trinajstić information content (AvgIpc) is 3.83. The monoisotopic (exact) mass is 733 g/mol. The Balaban J connectivity index is 1.09. The lowest BCUT2D eigenvalue weighted by Gasteiger charge is -2.09. The first kappa shape index (κ1) is 33.9. The highest BCUT2D eigenvalue weighted by molar-refractivity contribution is 6.19. The lowest BCUT2D eigenvalue weighted by molar-refractivity contribution is 0.663. The van der Waals surface area contributed by atoms with Crippen LogP contribution in [0, 0.1) is 0 Å². The maximum Gasteiger partial charge on any atom is 0.160 e. The normalized spacial score (nSPS) is 12.2. The molecule has 5 heteroatoms. The fourth-order valence-corrected chi connectivity index (χ4v) is 7.57. The van der Waals surface area contributed by atoms with Crippen molar-refractivity contribution >= 4 is 60.9 Å². The van der Waals surface area contributed by atoms with E-state index in [9.17, 15) is 0 Å². The minimum atomic E-state index is 0.660. The topological polar surface area (TPSA) is 64.4 Å². The van der Waals surface area contributed by atoms with E-state index in [0.717, 1.165) is 99.9 Å². The molecule has 0 bridgehead atoms. The Morgan fingerprint density at radius 3 is 1.74 bits per heavy atom. The van der Waals surface area contributed by atoms with Gasteiger partial charge in [-0.2, -0.15) is 0 Å². The number of benzene rings is 7. The van der Waals surface area contributed by atoms with Crippen LogP contribution >= 0.6 is 0 Å². The fraction of sp³-hybridized carbons (Fsp3) is 0.0192. The minimum absolute atomic E-state index is 0.660. The molecule has 0 unspecified atom stereocenters. The lowest BCUT2D eigenvalue weighted by Crippen LogP contribution is -1.99. The zero-order valence-corrected chi connectivity index (χ0v) is 31.2. The van der Waals surface area contributed by atoms with Gasteiger partial charge >= 0.3 is 0 Å². The van der Waals surface area contributed by atoms with Crippen molar-refractivity contribution in [3.63, 3.8) is 0 Å². The van der Waals surface area contributed by atoms with E-state index in [1.807, 2.05) is 103 Å². The molecule has 0 aliphatic heterocycles. The molecule has 270 valence electrons. The van der Waals surface area contributed by atoms with Gasteiger partial charge in [0.25, 0.3) is 0 Å². The fourth-order valence-electron chi connectivity index (χ4n) is 7.57. The second-order valence-corrected chi connectivity index (χ2v) is 14.1. The number of para-hydroxylation sites is 2. The summed E-state index contributed by atoms with van der Waals surface area (Å²) in [7, 11) is 0. The number of hydrogen-bond donors (Lipinski definition) is 0. The largest absolute Gasteiger partial charge is 0.455 e. The van der Waals surface area contributed by atoms with E-state index in [2.05, 4.69) is 92.4 Å². The molecule has 57 heavy (non-hydrogen) atoms. The van der Waals surface area contributed by atoms with Gasteiger partial charge in [-0.05, 0) is 48.4 Å². The summed E-state index contributed by atoms with van der Waals surface area (Å²) < 4.78 is 13.5. The molecule has 10 aromatic rings. The summed E-state index contributed by atoms with van der Waals surface area (Å²) >= 11 is 0. The van der Waals surface area contributed by atoms with Crippen molar-refractivity contribution in [1.82, 2.24) is 9.97 Å². The summed E-state index contributed by atoms with van der Waals surface area (Å²) in [6.07, 6.45) is 2.12. The Kier molecular flexibility index (Phi) is 8.46. The smallest absolute Gasteiger partial charge is 0.160 e. The highest BCUT2D eigenvalue weighted by Gasteiger charge is 2.20. The van der Waals surface area contributed by atoms with Crippen LogP contribution in [-0.4, -0.2) is 15.7 Å². The van der Waals surface area contributed by atoms with E-state index in [1.54, 1.807) is 0 Å². The van der Waals surface area contributed by atoms with Crippen LogP contribution in [0.4, 0.5) is 0 Å². The van der Waals surface area contributed by atoms with Crippen LogP contribution in [0.25, 0.3) is 89.0 Å². The van der Waals surface area contributed by atoms with Gasteiger partial charge in [-0.3, -0.25) is 0 Å². The van der Waals surface area contributed by atoms with Crippen molar-refractivity contribution in [2.75, 3.05) is 0 Å². The Bertz CT molecular complexity index is 3120. The zero-order valence-electron chi connectivity index (χ0n) is 31.2. The highest BCUT2D eigenvalue weighted by atomic mass is 16.3. The van der Waals surface area contributed by atoms with Gasteiger partial charge in [-0.15, -0.1) is 0 Å². The molecule has 0 radical (unpaired) electrons. The number of furan rings is 2. The third kappa shape index (κ3) is 6.31. The molecule has 0 aliphatic rings. The van der Waals surface area contributed by atoms with Crippen molar-refractivity contribution in [1.29, 1.82) is 0 Å². The van der Waals surface area contributed by atoms with Crippen LogP contribution in [0.2, 0.25) is 0 Å². The molecule has 0 saturated heterocycles. The van der Waals surface area contributed by atoms with Crippen LogP contribution in [0.3, 0.4) is 0 Å². The van der Waals surface area contributed by atoms with Gasteiger partial charge in [0.05, 0.1) is 22.8 Å². The Morgan fingerprint density at radius 2 is 1.07 bits per heavy atom. The molecule has 3 heterocycles. The minimum Gasteiger partial charge on any atom is -0.455 e. The third-order valence-electron chi connectivity index (χ3n) is 10.4. The van der Waals surface area contributed by atoms with Crippen LogP contribution in [0.1, 0.15) is 23.6 Å². The van der Waals surface area contributed by atoms with E-state index < -0.39 is 0 Å². The van der Waals surface area contributed by atoms with Gasteiger partial charge in [0.1, 0.15) is 22.3 Å². The molecule has 0 saturated carbocycles. The summed E-state index contributed by atoms with van der Waals surface area (Å²) in [6.45, 7) is 6.40. The van der Waals surface area contributed by atoms with Gasteiger partial charge in [-0.25, -0.2) is 15.0 Å². The van der Waals surface area contributed by atoms with Gasteiger partial charge in [0, 0.05) is 49.4 Å². The quantitative estimate of drug-likeness (QED) is 0.146. The number of aliphatic imine (C=N–C) groups is 1. The predicted molar refractivity (Wildman–Crippen MR) is 235 cm³/mol. The van der Waals surface area contributed by atoms with E-state index >= 15 is 0 Å². The molecule has 0 fully saturated rings. The van der Waals surface area contributed by atoms with E-state index in [-0.39, 0.29) is 0 Å². The first-order valence-corrected chi connectivity index (χ1v) is 19.0. The molecule has 10 rings (SSSR count). The van der Waals surface area contributed by atoms with E-state index in [1.165, 1.54) is 0 Å². The van der Waals surface area contributed by atoms with Crippen LogP contribution < -0.4 is 0 Å².